The van der Waals surface area contributed by atoms with E-state index < -0.39 is 23.1 Å². The van der Waals surface area contributed by atoms with Gasteiger partial charge in [-0.25, -0.2) is 9.97 Å². The minimum absolute atomic E-state index is 0.245. The molecule has 3 aromatic rings. The molecule has 1 fully saturated rings. The summed E-state index contributed by atoms with van der Waals surface area (Å²) in [5.74, 6) is 0.738. The first-order valence-electron chi connectivity index (χ1n) is 9.88. The molecule has 0 spiro atoms. The number of fused-ring (bicyclic) bond motifs is 1. The molecule has 9 nitrogen and oxygen atoms in total. The van der Waals surface area contributed by atoms with Gasteiger partial charge in [-0.05, 0) is 17.7 Å². The summed E-state index contributed by atoms with van der Waals surface area (Å²) in [5, 5.41) is 15.4. The Morgan fingerprint density at radius 3 is 2.78 bits per heavy atom. The van der Waals surface area contributed by atoms with Gasteiger partial charge >= 0.3 is 11.2 Å². The molecular weight excluding hydrogens is 348 g/mol. The van der Waals surface area contributed by atoms with Crippen LogP contribution < -0.4 is 15.8 Å². The lowest BCUT2D eigenvalue weighted by Crippen LogP contribution is -2.44. The maximum atomic E-state index is 12.2. The molecule has 1 saturated heterocycles. The highest BCUT2D eigenvalue weighted by Gasteiger charge is 2.18. The normalized spacial score (nSPS) is 16.6. The molecule has 4 rings (SSSR count). The molecule has 9 heteroatoms. The number of anilines is 1. The van der Waals surface area contributed by atoms with Crippen LogP contribution >= 0.6 is 0 Å². The minimum atomic E-state index is -2.84. The Hall–Kier alpha value is -3.33. The van der Waals surface area contributed by atoms with E-state index in [0.717, 1.165) is 49.6 Å². The molecule has 3 heterocycles. The highest BCUT2D eigenvalue weighted by atomic mass is 16.6. The Kier molecular flexibility index (Phi) is 3.46. The van der Waals surface area contributed by atoms with Gasteiger partial charge in [0.25, 0.3) is 0 Å². The van der Waals surface area contributed by atoms with Gasteiger partial charge in [-0.2, -0.15) is 0 Å². The Morgan fingerprint density at radius 2 is 2.04 bits per heavy atom. The van der Waals surface area contributed by atoms with Crippen LogP contribution in [0.5, 0.6) is 0 Å². The van der Waals surface area contributed by atoms with Crippen LogP contribution in [0.2, 0.25) is 0 Å². The second-order valence-electron chi connectivity index (χ2n) is 6.21. The number of nitrogens with one attached hydrogen (secondary N) is 1. The number of aromatic nitrogens is 3. The minimum Gasteiger partial charge on any atom is -0.353 e. The molecule has 1 N–H and O–H groups in total. The number of nitro groups is 1. The molecule has 0 unspecified atom stereocenters. The van der Waals surface area contributed by atoms with Crippen molar-refractivity contribution in [2.45, 2.75) is 0 Å². The van der Waals surface area contributed by atoms with Gasteiger partial charge in [0.2, 0.25) is 0 Å². The van der Waals surface area contributed by atoms with E-state index in [0.29, 0.717) is 15.6 Å². The van der Waals surface area contributed by atoms with E-state index in [9.17, 15) is 14.9 Å². The summed E-state index contributed by atoms with van der Waals surface area (Å²) < 4.78 is 23.1. The number of aryl methyl sites for hydroxylation is 1. The van der Waals surface area contributed by atoms with E-state index in [4.69, 9.17) is 4.11 Å². The maximum Gasteiger partial charge on any atom is 0.334 e. The fourth-order valence-corrected chi connectivity index (χ4v) is 3.21. The first kappa shape index (κ1) is 13.8. The van der Waals surface area contributed by atoms with Crippen LogP contribution in [-0.2, 0) is 6.98 Å². The third kappa shape index (κ3) is 3.13. The monoisotopic (exact) mass is 369 g/mol. The summed E-state index contributed by atoms with van der Waals surface area (Å²) in [4.78, 5) is 33.5. The zero-order valence-electron chi connectivity index (χ0n) is 17.3. The summed E-state index contributed by atoms with van der Waals surface area (Å²) in [5.41, 5.74) is -0.505. The molecular formula is C18H18N6O3. The molecule has 0 bridgehead atoms. The molecule has 1 aromatic carbocycles. The molecule has 1 aliphatic heterocycles. The van der Waals surface area contributed by atoms with Crippen LogP contribution in [0.15, 0.2) is 41.6 Å². The fraction of sp³-hybridized carbons (Fsp3) is 0.278. The van der Waals surface area contributed by atoms with E-state index in [-0.39, 0.29) is 5.56 Å². The summed E-state index contributed by atoms with van der Waals surface area (Å²) in [7, 11) is 0. The van der Waals surface area contributed by atoms with E-state index >= 15 is 0 Å². The first-order valence-corrected chi connectivity index (χ1v) is 8.38. The number of hydrogen-bond acceptors (Lipinski definition) is 7. The Morgan fingerprint density at radius 1 is 1.22 bits per heavy atom. The van der Waals surface area contributed by atoms with E-state index in [1.54, 1.807) is 18.2 Å². The van der Waals surface area contributed by atoms with Crippen molar-refractivity contribution in [3.05, 3.63) is 57.3 Å². The first-order chi connectivity index (χ1) is 14.3. The van der Waals surface area contributed by atoms with Crippen LogP contribution in [-0.4, -0.2) is 45.6 Å². The smallest absolute Gasteiger partial charge is 0.334 e. The number of rotatable bonds is 3. The lowest BCUT2D eigenvalue weighted by atomic mass is 10.0. The van der Waals surface area contributed by atoms with Crippen molar-refractivity contribution in [3.63, 3.8) is 0 Å². The lowest BCUT2D eigenvalue weighted by Gasteiger charge is -2.29. The van der Waals surface area contributed by atoms with E-state index in [1.807, 2.05) is 0 Å². The SMILES string of the molecule is [2H]C([2H])([2H])n1cc(-c2ccc3ncnc(N4CCNCC4)c3c2)cc([N+](=O)[O-])c1=O. The Labute approximate surface area is 158 Å². The lowest BCUT2D eigenvalue weighted by molar-refractivity contribution is -0.386. The topological polar surface area (TPSA) is 106 Å². The second kappa shape index (κ2) is 6.76. The van der Waals surface area contributed by atoms with E-state index in [2.05, 4.69) is 20.2 Å². The van der Waals surface area contributed by atoms with Gasteiger partial charge in [0.1, 0.15) is 12.1 Å². The van der Waals surface area contributed by atoms with Crippen molar-refractivity contribution in [3.8, 4) is 11.1 Å². The predicted octanol–water partition coefficient (Wildman–Crippen LogP) is 1.31. The summed E-state index contributed by atoms with van der Waals surface area (Å²) in [6.45, 7) is 0.336. The summed E-state index contributed by atoms with van der Waals surface area (Å²) in [6.07, 6.45) is 2.61. The second-order valence-corrected chi connectivity index (χ2v) is 6.21. The molecule has 1 aliphatic rings. The van der Waals surface area contributed by atoms with Crippen molar-refractivity contribution in [2.24, 2.45) is 6.98 Å². The van der Waals surface area contributed by atoms with Gasteiger partial charge in [0.05, 0.1) is 10.4 Å². The number of pyridine rings is 1. The molecule has 0 saturated carbocycles. The molecule has 138 valence electrons. The summed E-state index contributed by atoms with van der Waals surface area (Å²) in [6, 6.07) is 6.29. The fourth-order valence-electron chi connectivity index (χ4n) is 3.21. The quantitative estimate of drug-likeness (QED) is 0.548. The van der Waals surface area contributed by atoms with Gasteiger partial charge in [-0.15, -0.1) is 0 Å². The standard InChI is InChI=1S/C18H18N6O3/c1-22-10-13(9-16(18(22)25)24(26)27)12-2-3-15-14(8-12)17(21-11-20-15)23-6-4-19-5-7-23/h2-3,8-11,19H,4-7H2,1H3/i1D3. The average molecular weight is 369 g/mol. The van der Waals surface area contributed by atoms with Crippen molar-refractivity contribution in [1.82, 2.24) is 19.9 Å². The van der Waals surface area contributed by atoms with Crippen LogP contribution in [0.1, 0.15) is 4.11 Å². The maximum absolute atomic E-state index is 12.2. The van der Waals surface area contributed by atoms with Gasteiger partial charge in [-0.1, -0.05) is 6.07 Å². The molecule has 2 aromatic heterocycles. The van der Waals surface area contributed by atoms with Crippen LogP contribution in [0, 0.1) is 10.1 Å². The third-order valence-corrected chi connectivity index (χ3v) is 4.56. The molecule has 27 heavy (non-hydrogen) atoms. The zero-order chi connectivity index (χ0) is 21.5. The Bertz CT molecular complexity index is 1190. The highest BCUT2D eigenvalue weighted by Crippen LogP contribution is 2.29. The molecule has 0 amide bonds. The van der Waals surface area contributed by atoms with Crippen LogP contribution in [0.25, 0.3) is 22.0 Å². The van der Waals surface area contributed by atoms with Crippen molar-refractivity contribution in [2.75, 3.05) is 31.1 Å². The molecule has 0 radical (unpaired) electrons. The highest BCUT2D eigenvalue weighted by molar-refractivity contribution is 5.93. The van der Waals surface area contributed by atoms with Gasteiger partial charge < -0.3 is 14.8 Å². The largest absolute Gasteiger partial charge is 0.353 e. The van der Waals surface area contributed by atoms with E-state index in [1.165, 1.54) is 6.33 Å². The average Bonchev–Trinajstić information content (AvgIpc) is 2.72. The third-order valence-electron chi connectivity index (χ3n) is 4.56. The van der Waals surface area contributed by atoms with Crippen molar-refractivity contribution < 1.29 is 9.04 Å². The van der Waals surface area contributed by atoms with Gasteiger partial charge in [0, 0.05) is 60.5 Å². The number of benzene rings is 1. The Balaban J connectivity index is 1.90. The molecule has 0 atom stereocenters. The molecule has 0 aliphatic carbocycles. The zero-order valence-corrected chi connectivity index (χ0v) is 14.3. The number of nitrogens with zero attached hydrogens (tertiary/aromatic N) is 5. The predicted molar refractivity (Wildman–Crippen MR) is 102 cm³/mol. The van der Waals surface area contributed by atoms with Crippen molar-refractivity contribution in [1.29, 1.82) is 0 Å². The van der Waals surface area contributed by atoms with Crippen molar-refractivity contribution >= 4 is 22.4 Å². The van der Waals surface area contributed by atoms with Gasteiger partial charge in [-0.3, -0.25) is 14.9 Å². The number of piperazine rings is 1. The van der Waals surface area contributed by atoms with Crippen LogP contribution in [0.3, 0.4) is 0 Å². The van der Waals surface area contributed by atoms with Crippen LogP contribution in [0.4, 0.5) is 11.5 Å². The van der Waals surface area contributed by atoms with Gasteiger partial charge in [0.15, 0.2) is 0 Å². The summed E-state index contributed by atoms with van der Waals surface area (Å²) >= 11 is 0. The number of hydrogen-bond donors (Lipinski definition) is 1.